The topological polar surface area (TPSA) is 97.8 Å². The number of allylic oxidation sites excluding steroid dienone is 3. The van der Waals surface area contributed by atoms with E-state index in [1.807, 2.05) is 6.92 Å². The number of carboxylic acid groups (broad SMARTS) is 1. The molecule has 0 radical (unpaired) electrons. The van der Waals surface area contributed by atoms with Gasteiger partial charge in [-0.2, -0.15) is 0 Å². The van der Waals surface area contributed by atoms with Crippen molar-refractivity contribution in [2.75, 3.05) is 5.32 Å². The summed E-state index contributed by atoms with van der Waals surface area (Å²) in [6, 6.07) is 9.92. The van der Waals surface area contributed by atoms with Crippen molar-refractivity contribution in [2.24, 2.45) is 17.3 Å². The molecule has 2 atom stereocenters. The maximum absolute atomic E-state index is 13.5. The summed E-state index contributed by atoms with van der Waals surface area (Å²) in [6.45, 7) is 3.60. The lowest BCUT2D eigenvalue weighted by atomic mass is 9.75. The molecule has 176 valence electrons. The number of benzene rings is 1. The molecule has 1 amide bonds. The quantitative estimate of drug-likeness (QED) is 0.633. The number of aromatic nitrogens is 1. The van der Waals surface area contributed by atoms with Gasteiger partial charge in [-0.25, -0.2) is 9.78 Å². The fraction of sp³-hybridized carbons (Fsp3) is 0.320. The van der Waals surface area contributed by atoms with Gasteiger partial charge in [0.05, 0.1) is 16.7 Å². The largest absolute Gasteiger partial charge is 0.585 e. The number of alkyl halides is 2. The third kappa shape index (κ3) is 3.70. The van der Waals surface area contributed by atoms with E-state index in [0.29, 0.717) is 29.9 Å². The van der Waals surface area contributed by atoms with Crippen molar-refractivity contribution in [3.63, 3.8) is 0 Å². The predicted octanol–water partition coefficient (Wildman–Crippen LogP) is 5.10. The van der Waals surface area contributed by atoms with E-state index >= 15 is 0 Å². The van der Waals surface area contributed by atoms with E-state index < -0.39 is 23.6 Å². The summed E-state index contributed by atoms with van der Waals surface area (Å²) in [7, 11) is 0. The van der Waals surface area contributed by atoms with E-state index in [2.05, 4.69) is 15.0 Å². The van der Waals surface area contributed by atoms with Gasteiger partial charge in [-0.1, -0.05) is 31.2 Å². The Morgan fingerprint density at radius 1 is 1.18 bits per heavy atom. The van der Waals surface area contributed by atoms with Crippen LogP contribution in [0.2, 0.25) is 0 Å². The highest BCUT2D eigenvalue weighted by atomic mass is 19.3. The molecular weight excluding hydrogens is 446 g/mol. The van der Waals surface area contributed by atoms with E-state index in [9.17, 15) is 23.5 Å². The van der Waals surface area contributed by atoms with Crippen LogP contribution in [0.5, 0.6) is 0 Å². The number of pyridine rings is 1. The minimum atomic E-state index is -3.70. The zero-order chi connectivity index (χ0) is 24.3. The summed E-state index contributed by atoms with van der Waals surface area (Å²) in [5, 5.41) is 12.2. The number of anilines is 1. The highest BCUT2D eigenvalue weighted by Crippen LogP contribution is 2.59. The minimum absolute atomic E-state index is 0.00149. The molecule has 5 rings (SSSR count). The van der Waals surface area contributed by atoms with Gasteiger partial charge in [0, 0.05) is 17.4 Å². The number of hydrogen-bond acceptors (Lipinski definition) is 5. The van der Waals surface area contributed by atoms with Crippen LogP contribution in [-0.4, -0.2) is 28.3 Å². The number of carbonyl (C=O) groups excluding carboxylic acids is 1. The van der Waals surface area contributed by atoms with E-state index in [1.165, 1.54) is 18.2 Å². The van der Waals surface area contributed by atoms with Crippen LogP contribution in [0.4, 0.5) is 14.6 Å². The lowest BCUT2D eigenvalue weighted by molar-refractivity contribution is -0.338. The number of rotatable bonds is 5. The fourth-order valence-corrected chi connectivity index (χ4v) is 4.77. The Balaban J connectivity index is 1.37. The Hall–Kier alpha value is -3.75. The van der Waals surface area contributed by atoms with E-state index in [4.69, 9.17) is 4.74 Å². The zero-order valence-corrected chi connectivity index (χ0v) is 18.5. The van der Waals surface area contributed by atoms with E-state index in [-0.39, 0.29) is 28.9 Å². The molecule has 0 bridgehead atoms. The molecule has 2 aliphatic carbocycles. The summed E-state index contributed by atoms with van der Waals surface area (Å²) in [5.74, 6) is -1.68. The van der Waals surface area contributed by atoms with Crippen LogP contribution in [0.25, 0.3) is 11.3 Å². The summed E-state index contributed by atoms with van der Waals surface area (Å²) >= 11 is 0. The molecule has 9 heteroatoms. The van der Waals surface area contributed by atoms with Gasteiger partial charge in [-0.15, -0.1) is 8.78 Å². The van der Waals surface area contributed by atoms with Crippen molar-refractivity contribution in [3.8, 4) is 11.3 Å². The van der Waals surface area contributed by atoms with E-state index in [1.54, 1.807) is 37.3 Å². The normalized spacial score (nSPS) is 23.5. The molecule has 2 N–H and O–H groups in total. The summed E-state index contributed by atoms with van der Waals surface area (Å²) in [6.07, 6.45) is 0.713. The molecule has 3 aliphatic rings. The number of amides is 1. The lowest BCUT2D eigenvalue weighted by Crippen LogP contribution is -2.35. The Kier molecular flexibility index (Phi) is 4.96. The molecule has 2 heterocycles. The second-order valence-corrected chi connectivity index (χ2v) is 8.93. The van der Waals surface area contributed by atoms with Gasteiger partial charge in [-0.05, 0) is 49.6 Å². The van der Waals surface area contributed by atoms with Gasteiger partial charge in [0.2, 0.25) is 5.91 Å². The monoisotopic (exact) mass is 468 g/mol. The first-order valence-electron chi connectivity index (χ1n) is 10.9. The third-order valence-corrected chi connectivity index (χ3v) is 6.71. The second-order valence-electron chi connectivity index (χ2n) is 8.93. The summed E-state index contributed by atoms with van der Waals surface area (Å²) in [4.78, 5) is 29.2. The summed E-state index contributed by atoms with van der Waals surface area (Å²) in [5.41, 5.74) is 1.39. The first kappa shape index (κ1) is 22.1. The molecular formula is C25H22F2N2O5. The van der Waals surface area contributed by atoms with Crippen molar-refractivity contribution >= 4 is 17.7 Å². The number of halogens is 2. The van der Waals surface area contributed by atoms with E-state index in [0.717, 1.165) is 5.56 Å². The Labute approximate surface area is 194 Å². The van der Waals surface area contributed by atoms with Gasteiger partial charge >= 0.3 is 12.3 Å². The molecule has 2 aromatic rings. The number of ether oxygens (including phenoxy) is 2. The molecule has 0 saturated heterocycles. The van der Waals surface area contributed by atoms with Gasteiger partial charge in [0.15, 0.2) is 11.5 Å². The number of nitrogens with zero attached hydrogens (tertiary/aromatic N) is 1. The average molecular weight is 468 g/mol. The lowest BCUT2D eigenvalue weighted by Gasteiger charge is -2.30. The number of carbonyl (C=O) groups is 2. The molecule has 1 aliphatic heterocycles. The first-order chi connectivity index (χ1) is 16.1. The van der Waals surface area contributed by atoms with Gasteiger partial charge in [-0.3, -0.25) is 4.79 Å². The molecule has 1 saturated carbocycles. The van der Waals surface area contributed by atoms with Crippen LogP contribution < -0.4 is 5.32 Å². The van der Waals surface area contributed by atoms with Crippen molar-refractivity contribution in [1.29, 1.82) is 0 Å². The zero-order valence-electron chi connectivity index (χ0n) is 18.5. The number of aryl methyl sites for hydroxylation is 1. The molecule has 1 fully saturated rings. The first-order valence-corrected chi connectivity index (χ1v) is 10.9. The van der Waals surface area contributed by atoms with Gasteiger partial charge in [0.25, 0.3) is 0 Å². The van der Waals surface area contributed by atoms with Gasteiger partial charge in [0.1, 0.15) is 5.82 Å². The molecule has 1 aromatic heterocycles. The molecule has 2 unspecified atom stereocenters. The molecule has 34 heavy (non-hydrogen) atoms. The van der Waals surface area contributed by atoms with Crippen molar-refractivity contribution < 1.29 is 33.0 Å². The van der Waals surface area contributed by atoms with Crippen LogP contribution >= 0.6 is 0 Å². The Morgan fingerprint density at radius 3 is 2.65 bits per heavy atom. The van der Waals surface area contributed by atoms with Crippen molar-refractivity contribution in [1.82, 2.24) is 4.98 Å². The number of carboxylic acids is 1. The van der Waals surface area contributed by atoms with Gasteiger partial charge < -0.3 is 19.9 Å². The highest BCUT2D eigenvalue weighted by molar-refractivity contribution is 5.97. The van der Waals surface area contributed by atoms with Crippen LogP contribution in [0.3, 0.4) is 0 Å². The van der Waals surface area contributed by atoms with Crippen LogP contribution in [0.15, 0.2) is 60.1 Å². The maximum atomic E-state index is 13.5. The number of nitrogens with one attached hydrogen (secondary N) is 1. The maximum Gasteiger partial charge on any atom is 0.585 e. The average Bonchev–Trinajstić information content (AvgIpc) is 3.53. The molecule has 0 spiro atoms. The van der Waals surface area contributed by atoms with Crippen LogP contribution in [0.1, 0.15) is 35.7 Å². The highest BCUT2D eigenvalue weighted by Gasteiger charge is 2.59. The molecule has 7 nitrogen and oxygen atoms in total. The van der Waals surface area contributed by atoms with Crippen molar-refractivity contribution in [3.05, 3.63) is 71.2 Å². The van der Waals surface area contributed by atoms with Crippen LogP contribution in [0, 0.1) is 24.2 Å². The van der Waals surface area contributed by atoms with Crippen LogP contribution in [-0.2, 0) is 14.3 Å². The SMILES string of the molecule is Cc1ccc(NC(=O)C2(C3C=CC4=C(OC(F)(F)O4)C3C)CC2)nc1-c1cccc(C(=O)O)c1. The standard InChI is InChI=1S/C25H22F2N2O5/c1-13-6-9-19(28-20(13)15-4-3-5-16(12-15)22(30)31)29-23(32)24(10-11-24)17-7-8-18-21(14(17)2)34-25(26,27)33-18/h3-9,12,14,17H,10-11H2,1-2H3,(H,30,31)(H,28,29,32). The summed E-state index contributed by atoms with van der Waals surface area (Å²) < 4.78 is 36.3. The minimum Gasteiger partial charge on any atom is -0.478 e. The number of hydrogen-bond donors (Lipinski definition) is 2. The smallest absolute Gasteiger partial charge is 0.478 e. The predicted molar refractivity (Wildman–Crippen MR) is 118 cm³/mol. The Bertz CT molecular complexity index is 1270. The van der Waals surface area contributed by atoms with Crippen molar-refractivity contribution in [2.45, 2.75) is 33.0 Å². The number of aromatic carboxylic acids is 1. The third-order valence-electron chi connectivity index (χ3n) is 6.71. The molecule has 1 aromatic carbocycles. The second kappa shape index (κ2) is 7.65. The fourth-order valence-electron chi connectivity index (χ4n) is 4.77. The Morgan fingerprint density at radius 2 is 1.94 bits per heavy atom.